The summed E-state index contributed by atoms with van der Waals surface area (Å²) in [6.45, 7) is 0. The van der Waals surface area contributed by atoms with Gasteiger partial charge in [0.05, 0.1) is 5.02 Å². The molecular formula is C10H6Cl3N3O2S. The Labute approximate surface area is 124 Å². The molecule has 0 atom stereocenters. The summed E-state index contributed by atoms with van der Waals surface area (Å²) in [5.41, 5.74) is 0. The van der Waals surface area contributed by atoms with Crippen LogP contribution in [0.4, 0.5) is 5.82 Å². The van der Waals surface area contributed by atoms with Crippen molar-refractivity contribution >= 4 is 50.6 Å². The molecule has 0 aliphatic carbocycles. The Hall–Kier alpha value is -1.08. The molecule has 0 aliphatic heterocycles. The molecule has 0 saturated heterocycles. The first kappa shape index (κ1) is 14.3. The van der Waals surface area contributed by atoms with Crippen molar-refractivity contribution in [3.63, 3.8) is 0 Å². The summed E-state index contributed by atoms with van der Waals surface area (Å²) in [4.78, 5) is 7.23. The summed E-state index contributed by atoms with van der Waals surface area (Å²) < 4.78 is 26.5. The molecule has 1 aromatic heterocycles. The van der Waals surface area contributed by atoms with Gasteiger partial charge in [-0.15, -0.1) is 0 Å². The highest BCUT2D eigenvalue weighted by Gasteiger charge is 2.19. The third kappa shape index (κ3) is 3.48. The summed E-state index contributed by atoms with van der Waals surface area (Å²) in [6.07, 6.45) is 1.33. The van der Waals surface area contributed by atoms with E-state index < -0.39 is 10.0 Å². The van der Waals surface area contributed by atoms with Crippen molar-refractivity contribution in [3.8, 4) is 0 Å². The van der Waals surface area contributed by atoms with Crippen molar-refractivity contribution in [3.05, 3.63) is 45.8 Å². The van der Waals surface area contributed by atoms with Gasteiger partial charge < -0.3 is 0 Å². The number of nitrogens with one attached hydrogen (secondary N) is 1. The van der Waals surface area contributed by atoms with Crippen LogP contribution < -0.4 is 4.72 Å². The predicted octanol–water partition coefficient (Wildman–Crippen LogP) is 3.24. The third-order valence-corrected chi connectivity index (χ3v) is 4.30. The van der Waals surface area contributed by atoms with Gasteiger partial charge in [-0.3, -0.25) is 4.72 Å². The van der Waals surface area contributed by atoms with Crippen molar-refractivity contribution in [2.24, 2.45) is 0 Å². The SMILES string of the molecule is O=S(=O)(Nc1ccnc(Cl)n1)c1cc(Cl)ccc1Cl. The van der Waals surface area contributed by atoms with Crippen LogP contribution in [0.15, 0.2) is 35.4 Å². The highest BCUT2D eigenvalue weighted by atomic mass is 35.5. The molecule has 0 bridgehead atoms. The van der Waals surface area contributed by atoms with Gasteiger partial charge in [-0.1, -0.05) is 23.2 Å². The minimum Gasteiger partial charge on any atom is -0.263 e. The summed E-state index contributed by atoms with van der Waals surface area (Å²) in [7, 11) is -3.90. The van der Waals surface area contributed by atoms with E-state index in [-0.39, 0.29) is 26.0 Å². The van der Waals surface area contributed by atoms with E-state index in [2.05, 4.69) is 14.7 Å². The van der Waals surface area contributed by atoms with Gasteiger partial charge >= 0.3 is 0 Å². The number of rotatable bonds is 3. The van der Waals surface area contributed by atoms with Gasteiger partial charge in [0.15, 0.2) is 0 Å². The van der Waals surface area contributed by atoms with Crippen LogP contribution in [0, 0.1) is 0 Å². The number of hydrogen-bond acceptors (Lipinski definition) is 4. The Morgan fingerprint density at radius 1 is 1.11 bits per heavy atom. The summed E-state index contributed by atoms with van der Waals surface area (Å²) in [5.74, 6) is 0.0380. The van der Waals surface area contributed by atoms with Crippen LogP contribution in [0.1, 0.15) is 0 Å². The summed E-state index contributed by atoms with van der Waals surface area (Å²) in [5, 5.41) is 0.236. The number of benzene rings is 1. The Kier molecular flexibility index (Phi) is 4.15. The van der Waals surface area contributed by atoms with E-state index in [1.165, 1.54) is 30.5 Å². The van der Waals surface area contributed by atoms with Gasteiger partial charge in [0, 0.05) is 11.2 Å². The lowest BCUT2D eigenvalue weighted by atomic mass is 10.4. The summed E-state index contributed by atoms with van der Waals surface area (Å²) >= 11 is 17.2. The lowest BCUT2D eigenvalue weighted by Crippen LogP contribution is -2.14. The highest BCUT2D eigenvalue weighted by Crippen LogP contribution is 2.26. The Morgan fingerprint density at radius 3 is 2.53 bits per heavy atom. The van der Waals surface area contributed by atoms with Crippen molar-refractivity contribution < 1.29 is 8.42 Å². The van der Waals surface area contributed by atoms with Gasteiger partial charge in [-0.2, -0.15) is 4.98 Å². The van der Waals surface area contributed by atoms with Gasteiger partial charge in [0.1, 0.15) is 10.7 Å². The third-order valence-electron chi connectivity index (χ3n) is 2.05. The van der Waals surface area contributed by atoms with Crippen molar-refractivity contribution in [1.82, 2.24) is 9.97 Å². The van der Waals surface area contributed by atoms with Gasteiger partial charge in [0.25, 0.3) is 10.0 Å². The van der Waals surface area contributed by atoms with E-state index in [4.69, 9.17) is 34.8 Å². The number of halogens is 3. The van der Waals surface area contributed by atoms with Crippen molar-refractivity contribution in [2.75, 3.05) is 4.72 Å². The fourth-order valence-electron chi connectivity index (χ4n) is 1.27. The van der Waals surface area contributed by atoms with Gasteiger partial charge in [0.2, 0.25) is 5.28 Å². The minimum atomic E-state index is -3.90. The Morgan fingerprint density at radius 2 is 1.84 bits per heavy atom. The molecule has 1 heterocycles. The molecule has 0 saturated carbocycles. The van der Waals surface area contributed by atoms with Crippen LogP contribution >= 0.6 is 34.8 Å². The molecule has 0 aliphatic rings. The Balaban J connectivity index is 2.40. The second kappa shape index (κ2) is 5.50. The maximum absolute atomic E-state index is 12.1. The van der Waals surface area contributed by atoms with Crippen molar-refractivity contribution in [2.45, 2.75) is 4.90 Å². The van der Waals surface area contributed by atoms with Crippen LogP contribution in [0.5, 0.6) is 0 Å². The van der Waals surface area contributed by atoms with E-state index in [1.54, 1.807) is 0 Å². The molecule has 0 spiro atoms. The molecule has 1 N–H and O–H groups in total. The van der Waals surface area contributed by atoms with Crippen LogP contribution in [-0.2, 0) is 10.0 Å². The molecule has 0 radical (unpaired) electrons. The van der Waals surface area contributed by atoms with Crippen LogP contribution in [0.2, 0.25) is 15.3 Å². The Bertz CT molecular complexity index is 722. The fraction of sp³-hybridized carbons (Fsp3) is 0. The van der Waals surface area contributed by atoms with Gasteiger partial charge in [-0.05, 0) is 35.9 Å². The predicted molar refractivity (Wildman–Crippen MR) is 74.3 cm³/mol. The lowest BCUT2D eigenvalue weighted by molar-refractivity contribution is 0.601. The fourth-order valence-corrected chi connectivity index (χ4v) is 3.18. The van der Waals surface area contributed by atoms with Crippen LogP contribution in [0.25, 0.3) is 0 Å². The topological polar surface area (TPSA) is 72.0 Å². The first-order valence-corrected chi connectivity index (χ1v) is 7.46. The molecule has 5 nitrogen and oxygen atoms in total. The second-order valence-corrected chi connectivity index (χ2v) is 6.22. The summed E-state index contributed by atoms with van der Waals surface area (Å²) in [6, 6.07) is 5.49. The number of aromatic nitrogens is 2. The zero-order valence-electron chi connectivity index (χ0n) is 9.14. The minimum absolute atomic E-state index is 0.0380. The molecule has 100 valence electrons. The maximum Gasteiger partial charge on any atom is 0.264 e. The molecule has 0 unspecified atom stereocenters. The van der Waals surface area contributed by atoms with E-state index in [9.17, 15) is 8.42 Å². The highest BCUT2D eigenvalue weighted by molar-refractivity contribution is 7.92. The molecule has 9 heteroatoms. The lowest BCUT2D eigenvalue weighted by Gasteiger charge is -2.09. The zero-order valence-corrected chi connectivity index (χ0v) is 12.2. The van der Waals surface area contributed by atoms with Gasteiger partial charge in [-0.25, -0.2) is 13.4 Å². The maximum atomic E-state index is 12.1. The van der Waals surface area contributed by atoms with E-state index >= 15 is 0 Å². The second-order valence-electron chi connectivity index (χ2n) is 3.39. The average Bonchev–Trinajstić information content (AvgIpc) is 2.31. The van der Waals surface area contributed by atoms with E-state index in [0.717, 1.165) is 0 Å². The number of sulfonamides is 1. The van der Waals surface area contributed by atoms with E-state index in [1.807, 2.05) is 0 Å². The number of anilines is 1. The molecular weight excluding hydrogens is 333 g/mol. The number of hydrogen-bond donors (Lipinski definition) is 1. The molecule has 0 fully saturated rings. The average molecular weight is 339 g/mol. The first-order valence-electron chi connectivity index (χ1n) is 4.85. The largest absolute Gasteiger partial charge is 0.264 e. The zero-order chi connectivity index (χ0) is 14.0. The monoisotopic (exact) mass is 337 g/mol. The molecule has 2 rings (SSSR count). The quantitative estimate of drug-likeness (QED) is 0.872. The molecule has 0 amide bonds. The van der Waals surface area contributed by atoms with Crippen LogP contribution in [0.3, 0.4) is 0 Å². The van der Waals surface area contributed by atoms with Crippen LogP contribution in [-0.4, -0.2) is 18.4 Å². The van der Waals surface area contributed by atoms with Crippen molar-refractivity contribution in [1.29, 1.82) is 0 Å². The standard InChI is InChI=1S/C10H6Cl3N3O2S/c11-6-1-2-7(12)8(5-6)19(17,18)16-9-3-4-14-10(13)15-9/h1-5H,(H,14,15,16). The molecule has 19 heavy (non-hydrogen) atoms. The molecule has 1 aromatic carbocycles. The first-order chi connectivity index (χ1) is 8.88. The smallest absolute Gasteiger partial charge is 0.263 e. The van der Waals surface area contributed by atoms with E-state index in [0.29, 0.717) is 0 Å². The number of nitrogens with zero attached hydrogens (tertiary/aromatic N) is 2. The normalized spacial score (nSPS) is 11.3. The molecule has 2 aromatic rings.